The van der Waals surface area contributed by atoms with Crippen LogP contribution in [0.1, 0.15) is 17.2 Å². The Morgan fingerprint density at radius 3 is 3.13 bits per heavy atom. The molecule has 1 heterocycles. The summed E-state index contributed by atoms with van der Waals surface area (Å²) < 4.78 is 17.6. The zero-order valence-corrected chi connectivity index (χ0v) is 8.42. The molecule has 80 valence electrons. The number of carbonyl (C=O) groups is 1. The molecule has 0 radical (unpaired) electrons. The molecule has 1 aliphatic rings. The molecule has 4 heteroatoms. The largest absolute Gasteiger partial charge is 0.468 e. The van der Waals surface area contributed by atoms with E-state index in [2.05, 4.69) is 10.1 Å². The molecule has 1 unspecified atom stereocenters. The normalized spacial score (nSPS) is 19.5. The summed E-state index contributed by atoms with van der Waals surface area (Å²) in [7, 11) is 1.35. The number of fused-ring (bicyclic) bond motifs is 1. The average molecular weight is 209 g/mol. The van der Waals surface area contributed by atoms with Crippen LogP contribution in [0.25, 0.3) is 0 Å². The van der Waals surface area contributed by atoms with Gasteiger partial charge in [-0.05, 0) is 29.7 Å². The summed E-state index contributed by atoms with van der Waals surface area (Å²) in [6.07, 6.45) is 0.737. The summed E-state index contributed by atoms with van der Waals surface area (Å²) in [5.41, 5.74) is 1.69. The predicted octanol–water partition coefficient (Wildman–Crippen LogP) is 1.19. The van der Waals surface area contributed by atoms with Gasteiger partial charge >= 0.3 is 5.97 Å². The number of ether oxygens (including phenoxy) is 1. The third kappa shape index (κ3) is 1.85. The predicted molar refractivity (Wildman–Crippen MR) is 52.9 cm³/mol. The van der Waals surface area contributed by atoms with E-state index in [0.29, 0.717) is 6.54 Å². The first-order chi connectivity index (χ1) is 7.22. The van der Waals surface area contributed by atoms with Gasteiger partial charge in [0.05, 0.1) is 7.11 Å². The fourth-order valence-electron chi connectivity index (χ4n) is 1.86. The number of methoxy groups -OCH3 is 1. The van der Waals surface area contributed by atoms with E-state index in [0.717, 1.165) is 17.5 Å². The van der Waals surface area contributed by atoms with E-state index in [1.807, 2.05) is 0 Å². The number of esters is 1. The first-order valence-electron chi connectivity index (χ1n) is 4.82. The molecule has 1 aromatic carbocycles. The van der Waals surface area contributed by atoms with E-state index in [1.165, 1.54) is 19.2 Å². The van der Waals surface area contributed by atoms with Gasteiger partial charge in [0.1, 0.15) is 11.9 Å². The van der Waals surface area contributed by atoms with Crippen molar-refractivity contribution in [2.75, 3.05) is 13.7 Å². The van der Waals surface area contributed by atoms with Gasteiger partial charge in [-0.2, -0.15) is 0 Å². The minimum absolute atomic E-state index is 0.265. The highest BCUT2D eigenvalue weighted by molar-refractivity contribution is 5.78. The standard InChI is InChI=1S/C11H12FNO2/c1-15-11(14)10-9-3-2-8(12)6-7(9)4-5-13-10/h2-3,6,10,13H,4-5H2,1H3. The number of rotatable bonds is 1. The average Bonchev–Trinajstić information content (AvgIpc) is 2.26. The van der Waals surface area contributed by atoms with Gasteiger partial charge in [-0.1, -0.05) is 6.07 Å². The number of nitrogens with one attached hydrogen (secondary N) is 1. The van der Waals surface area contributed by atoms with E-state index in [9.17, 15) is 9.18 Å². The summed E-state index contributed by atoms with van der Waals surface area (Å²) in [6, 6.07) is 4.02. The molecule has 1 aliphatic heterocycles. The highest BCUT2D eigenvalue weighted by Gasteiger charge is 2.26. The SMILES string of the molecule is COC(=O)C1NCCc2cc(F)ccc21. The molecule has 0 fully saturated rings. The lowest BCUT2D eigenvalue weighted by molar-refractivity contribution is -0.143. The van der Waals surface area contributed by atoms with Crippen LogP contribution in [-0.2, 0) is 16.0 Å². The van der Waals surface area contributed by atoms with Crippen molar-refractivity contribution in [3.8, 4) is 0 Å². The van der Waals surface area contributed by atoms with Crippen molar-refractivity contribution in [3.63, 3.8) is 0 Å². The fraction of sp³-hybridized carbons (Fsp3) is 0.364. The smallest absolute Gasteiger partial charge is 0.327 e. The molecule has 0 saturated carbocycles. The molecule has 1 aromatic rings. The van der Waals surface area contributed by atoms with Crippen molar-refractivity contribution in [3.05, 3.63) is 35.1 Å². The number of halogens is 1. The number of hydrogen-bond donors (Lipinski definition) is 1. The van der Waals surface area contributed by atoms with Gasteiger partial charge in [0, 0.05) is 6.54 Å². The summed E-state index contributed by atoms with van der Waals surface area (Å²) in [4.78, 5) is 11.4. The van der Waals surface area contributed by atoms with Gasteiger partial charge in [-0.15, -0.1) is 0 Å². The molecular formula is C11H12FNO2. The molecule has 1 atom stereocenters. The van der Waals surface area contributed by atoms with Crippen molar-refractivity contribution in [1.82, 2.24) is 5.32 Å². The maximum atomic E-state index is 13.0. The Morgan fingerprint density at radius 1 is 1.60 bits per heavy atom. The van der Waals surface area contributed by atoms with E-state index in [1.54, 1.807) is 6.07 Å². The monoisotopic (exact) mass is 209 g/mol. The zero-order valence-electron chi connectivity index (χ0n) is 8.42. The van der Waals surface area contributed by atoms with Crippen molar-refractivity contribution in [2.45, 2.75) is 12.5 Å². The van der Waals surface area contributed by atoms with E-state index >= 15 is 0 Å². The van der Waals surface area contributed by atoms with Gasteiger partial charge in [0.25, 0.3) is 0 Å². The molecular weight excluding hydrogens is 197 g/mol. The molecule has 0 spiro atoms. The third-order valence-corrected chi connectivity index (χ3v) is 2.60. The Bertz CT molecular complexity index is 392. The number of hydrogen-bond acceptors (Lipinski definition) is 3. The molecule has 15 heavy (non-hydrogen) atoms. The Kier molecular flexibility index (Phi) is 2.68. The van der Waals surface area contributed by atoms with Gasteiger partial charge in [0.15, 0.2) is 0 Å². The van der Waals surface area contributed by atoms with Crippen LogP contribution in [0.3, 0.4) is 0 Å². The lowest BCUT2D eigenvalue weighted by Gasteiger charge is -2.24. The minimum atomic E-state index is -0.459. The number of carbonyl (C=O) groups excluding carboxylic acids is 1. The fourth-order valence-corrected chi connectivity index (χ4v) is 1.86. The van der Waals surface area contributed by atoms with E-state index in [4.69, 9.17) is 0 Å². The molecule has 1 N–H and O–H groups in total. The summed E-state index contributed by atoms with van der Waals surface area (Å²) in [6.45, 7) is 0.663. The van der Waals surface area contributed by atoms with Crippen LogP contribution in [0.4, 0.5) is 4.39 Å². The quantitative estimate of drug-likeness (QED) is 0.706. The summed E-state index contributed by atoms with van der Waals surface area (Å²) >= 11 is 0. The van der Waals surface area contributed by atoms with Gasteiger partial charge < -0.3 is 10.1 Å². The van der Waals surface area contributed by atoms with Crippen molar-refractivity contribution < 1.29 is 13.9 Å². The molecule has 2 rings (SSSR count). The Balaban J connectivity index is 2.38. The lowest BCUT2D eigenvalue weighted by atomic mass is 9.94. The second kappa shape index (κ2) is 3.98. The van der Waals surface area contributed by atoms with E-state index < -0.39 is 6.04 Å². The second-order valence-corrected chi connectivity index (χ2v) is 3.50. The lowest BCUT2D eigenvalue weighted by Crippen LogP contribution is -2.35. The summed E-state index contributed by atoms with van der Waals surface area (Å²) in [5, 5.41) is 3.05. The molecule has 0 saturated heterocycles. The Labute approximate surface area is 87.2 Å². The Hall–Kier alpha value is -1.42. The molecule has 3 nitrogen and oxygen atoms in total. The van der Waals surface area contributed by atoms with Crippen LogP contribution in [-0.4, -0.2) is 19.6 Å². The van der Waals surface area contributed by atoms with Crippen LogP contribution in [0.15, 0.2) is 18.2 Å². The molecule has 0 bridgehead atoms. The zero-order chi connectivity index (χ0) is 10.8. The minimum Gasteiger partial charge on any atom is -0.468 e. The first kappa shape index (κ1) is 10.1. The maximum Gasteiger partial charge on any atom is 0.327 e. The van der Waals surface area contributed by atoms with Crippen LogP contribution in [0.2, 0.25) is 0 Å². The van der Waals surface area contributed by atoms with Crippen LogP contribution >= 0.6 is 0 Å². The van der Waals surface area contributed by atoms with Crippen LogP contribution < -0.4 is 5.32 Å². The maximum absolute atomic E-state index is 13.0. The number of benzene rings is 1. The van der Waals surface area contributed by atoms with Gasteiger partial charge in [0.2, 0.25) is 0 Å². The summed E-state index contributed by atoms with van der Waals surface area (Å²) in [5.74, 6) is -0.596. The topological polar surface area (TPSA) is 38.3 Å². The van der Waals surface area contributed by atoms with Crippen molar-refractivity contribution in [1.29, 1.82) is 0 Å². The van der Waals surface area contributed by atoms with Crippen LogP contribution in [0.5, 0.6) is 0 Å². The third-order valence-electron chi connectivity index (χ3n) is 2.60. The molecule has 0 aliphatic carbocycles. The molecule has 0 amide bonds. The Morgan fingerprint density at radius 2 is 2.40 bits per heavy atom. The molecule has 0 aromatic heterocycles. The first-order valence-corrected chi connectivity index (χ1v) is 4.82. The highest BCUT2D eigenvalue weighted by Crippen LogP contribution is 2.24. The van der Waals surface area contributed by atoms with Crippen molar-refractivity contribution >= 4 is 5.97 Å². The van der Waals surface area contributed by atoms with E-state index in [-0.39, 0.29) is 11.8 Å². The van der Waals surface area contributed by atoms with Crippen molar-refractivity contribution in [2.24, 2.45) is 0 Å². The highest BCUT2D eigenvalue weighted by atomic mass is 19.1. The van der Waals surface area contributed by atoms with Gasteiger partial charge in [-0.25, -0.2) is 9.18 Å². The van der Waals surface area contributed by atoms with Gasteiger partial charge in [-0.3, -0.25) is 0 Å². The second-order valence-electron chi connectivity index (χ2n) is 3.50. The van der Waals surface area contributed by atoms with Crippen LogP contribution in [0, 0.1) is 5.82 Å².